The van der Waals surface area contributed by atoms with Gasteiger partial charge in [0.2, 0.25) is 0 Å². The van der Waals surface area contributed by atoms with Gasteiger partial charge in [-0.1, -0.05) is 46.5 Å². The van der Waals surface area contributed by atoms with Crippen LogP contribution >= 0.6 is 0 Å². The number of unbranched alkanes of at least 4 members (excludes halogenated alkanes) is 2. The van der Waals surface area contributed by atoms with Crippen LogP contribution < -0.4 is 0 Å². The van der Waals surface area contributed by atoms with Crippen molar-refractivity contribution in [3.63, 3.8) is 0 Å². The Morgan fingerprint density at radius 3 is 2.67 bits per heavy atom. The molecule has 118 valence electrons. The largest absolute Gasteiger partial charge is 0.461 e. The van der Waals surface area contributed by atoms with E-state index in [0.717, 1.165) is 17.8 Å². The summed E-state index contributed by atoms with van der Waals surface area (Å²) in [5.41, 5.74) is 0.497. The Labute approximate surface area is 130 Å². The van der Waals surface area contributed by atoms with Crippen LogP contribution in [0.25, 0.3) is 0 Å². The van der Waals surface area contributed by atoms with E-state index in [0.29, 0.717) is 17.3 Å². The zero-order valence-corrected chi connectivity index (χ0v) is 14.2. The summed E-state index contributed by atoms with van der Waals surface area (Å²) in [6.07, 6.45) is 9.77. The van der Waals surface area contributed by atoms with E-state index in [9.17, 15) is 0 Å². The number of hydrogen-bond donors (Lipinski definition) is 0. The first-order chi connectivity index (χ1) is 9.95. The minimum atomic E-state index is 0.0182. The molecule has 21 heavy (non-hydrogen) atoms. The van der Waals surface area contributed by atoms with Gasteiger partial charge in [0, 0.05) is 0 Å². The molecule has 5 rings (SSSR count). The summed E-state index contributed by atoms with van der Waals surface area (Å²) in [6, 6.07) is 0. The van der Waals surface area contributed by atoms with Gasteiger partial charge in [-0.05, 0) is 55.2 Å². The lowest BCUT2D eigenvalue weighted by Gasteiger charge is -2.63. The Balaban J connectivity index is 1.37. The summed E-state index contributed by atoms with van der Waals surface area (Å²) < 4.78 is 13.0. The standard InChI is InChI=1S/C18H31BO2/c1-5-6-7-8-12-9-15(12)19-20-16-14-10-13(17(14,2)3)11-18(16,4)21-19/h12-16H,5-11H2,1-4H3/t12-,13-,14+,15-,16?,18+/m0/s1. The quantitative estimate of drug-likeness (QED) is 0.540. The van der Waals surface area contributed by atoms with Gasteiger partial charge in [0.25, 0.3) is 0 Å². The van der Waals surface area contributed by atoms with Crippen LogP contribution in [-0.2, 0) is 9.31 Å². The van der Waals surface area contributed by atoms with Gasteiger partial charge >= 0.3 is 7.12 Å². The molecule has 0 aromatic rings. The van der Waals surface area contributed by atoms with E-state index >= 15 is 0 Å². The summed E-state index contributed by atoms with van der Waals surface area (Å²) >= 11 is 0. The summed E-state index contributed by atoms with van der Waals surface area (Å²) in [5.74, 6) is 3.16. The van der Waals surface area contributed by atoms with Crippen LogP contribution in [0.5, 0.6) is 0 Å². The van der Waals surface area contributed by atoms with Crippen LogP contribution in [0.1, 0.15) is 72.6 Å². The fraction of sp³-hybridized carbons (Fsp3) is 1.00. The maximum absolute atomic E-state index is 6.49. The molecule has 2 nitrogen and oxygen atoms in total. The molecule has 1 heterocycles. The third kappa shape index (κ3) is 2.14. The normalized spacial score (nSPS) is 49.7. The van der Waals surface area contributed by atoms with E-state index in [2.05, 4.69) is 27.7 Å². The van der Waals surface area contributed by atoms with Crippen LogP contribution in [0, 0.1) is 23.2 Å². The van der Waals surface area contributed by atoms with Gasteiger partial charge in [-0.15, -0.1) is 0 Å². The molecule has 0 N–H and O–H groups in total. The van der Waals surface area contributed by atoms with Crippen molar-refractivity contribution in [3.8, 4) is 0 Å². The lowest BCUT2D eigenvalue weighted by Crippen LogP contribution is -2.63. The van der Waals surface area contributed by atoms with Crippen molar-refractivity contribution in [2.45, 2.75) is 90.2 Å². The SMILES string of the molecule is CCCCC[C@H]1C[C@@H]1B1OC2[C@H]3C[C@@H](C[C@@]2(C)O1)C3(C)C. The maximum Gasteiger partial charge on any atom is 0.461 e. The molecule has 1 saturated heterocycles. The predicted molar refractivity (Wildman–Crippen MR) is 86.1 cm³/mol. The third-order valence-electron chi connectivity index (χ3n) is 7.34. The van der Waals surface area contributed by atoms with Gasteiger partial charge in [-0.3, -0.25) is 0 Å². The fourth-order valence-corrected chi connectivity index (χ4v) is 5.52. The molecule has 2 bridgehead atoms. The Morgan fingerprint density at radius 1 is 1.14 bits per heavy atom. The molecule has 0 aromatic carbocycles. The first kappa shape index (κ1) is 14.6. The Morgan fingerprint density at radius 2 is 1.95 bits per heavy atom. The highest BCUT2D eigenvalue weighted by molar-refractivity contribution is 6.48. The van der Waals surface area contributed by atoms with Crippen LogP contribution in [0.15, 0.2) is 0 Å². The van der Waals surface area contributed by atoms with Crippen molar-refractivity contribution in [2.24, 2.45) is 23.2 Å². The first-order valence-electron chi connectivity index (χ1n) is 9.29. The van der Waals surface area contributed by atoms with Crippen molar-refractivity contribution >= 4 is 7.12 Å². The molecular weight excluding hydrogens is 259 g/mol. The summed E-state index contributed by atoms with van der Waals surface area (Å²) in [7, 11) is 0.113. The molecule has 5 aliphatic rings. The molecule has 4 saturated carbocycles. The zero-order chi connectivity index (χ0) is 14.8. The van der Waals surface area contributed by atoms with Crippen molar-refractivity contribution in [1.29, 1.82) is 0 Å². The van der Waals surface area contributed by atoms with E-state index in [4.69, 9.17) is 9.31 Å². The number of hydrogen-bond acceptors (Lipinski definition) is 2. The zero-order valence-electron chi connectivity index (χ0n) is 14.2. The minimum absolute atomic E-state index is 0.0182. The second-order valence-corrected chi connectivity index (χ2v) is 9.08. The highest BCUT2D eigenvalue weighted by atomic mass is 16.7. The lowest BCUT2D eigenvalue weighted by molar-refractivity contribution is -0.185. The van der Waals surface area contributed by atoms with E-state index in [1.807, 2.05) is 0 Å². The predicted octanol–water partition coefficient (Wildman–Crippen LogP) is 4.69. The number of rotatable bonds is 5. The van der Waals surface area contributed by atoms with Crippen LogP contribution in [0.3, 0.4) is 0 Å². The molecule has 4 aliphatic carbocycles. The van der Waals surface area contributed by atoms with Crippen molar-refractivity contribution in [1.82, 2.24) is 0 Å². The third-order valence-corrected chi connectivity index (χ3v) is 7.34. The van der Waals surface area contributed by atoms with Gasteiger partial charge in [0.05, 0.1) is 11.7 Å². The molecule has 0 amide bonds. The molecule has 5 fully saturated rings. The molecule has 0 spiro atoms. The van der Waals surface area contributed by atoms with Crippen LogP contribution in [0.4, 0.5) is 0 Å². The van der Waals surface area contributed by atoms with Gasteiger partial charge in [0.15, 0.2) is 0 Å². The van der Waals surface area contributed by atoms with Crippen molar-refractivity contribution < 1.29 is 9.31 Å². The monoisotopic (exact) mass is 290 g/mol. The summed E-state index contributed by atoms with van der Waals surface area (Å²) in [5, 5.41) is 0. The molecule has 6 atom stereocenters. The van der Waals surface area contributed by atoms with Crippen molar-refractivity contribution in [3.05, 3.63) is 0 Å². The maximum atomic E-state index is 6.49. The van der Waals surface area contributed by atoms with E-state index in [-0.39, 0.29) is 12.7 Å². The molecule has 0 aromatic heterocycles. The summed E-state index contributed by atoms with van der Waals surface area (Å²) in [6.45, 7) is 9.48. The Hall–Kier alpha value is -0.0151. The van der Waals surface area contributed by atoms with Crippen molar-refractivity contribution in [2.75, 3.05) is 0 Å². The fourth-order valence-electron chi connectivity index (χ4n) is 5.52. The highest BCUT2D eigenvalue weighted by Gasteiger charge is 2.68. The second-order valence-electron chi connectivity index (χ2n) is 9.08. The van der Waals surface area contributed by atoms with E-state index < -0.39 is 0 Å². The topological polar surface area (TPSA) is 18.5 Å². The molecule has 0 radical (unpaired) electrons. The Bertz CT molecular complexity index is 423. The van der Waals surface area contributed by atoms with Gasteiger partial charge < -0.3 is 9.31 Å². The summed E-state index contributed by atoms with van der Waals surface area (Å²) in [4.78, 5) is 0. The van der Waals surface area contributed by atoms with Crippen LogP contribution in [0.2, 0.25) is 5.82 Å². The molecule has 3 heteroatoms. The molecular formula is C18H31BO2. The van der Waals surface area contributed by atoms with Crippen LogP contribution in [-0.4, -0.2) is 18.8 Å². The second kappa shape index (κ2) is 4.74. The highest BCUT2D eigenvalue weighted by Crippen LogP contribution is 2.66. The Kier molecular flexibility index (Phi) is 3.29. The minimum Gasteiger partial charge on any atom is -0.405 e. The van der Waals surface area contributed by atoms with Gasteiger partial charge in [-0.2, -0.15) is 0 Å². The average molecular weight is 290 g/mol. The van der Waals surface area contributed by atoms with E-state index in [1.54, 1.807) is 0 Å². The average Bonchev–Trinajstić information content (AvgIpc) is 3.11. The van der Waals surface area contributed by atoms with Gasteiger partial charge in [0.1, 0.15) is 0 Å². The lowest BCUT2D eigenvalue weighted by atomic mass is 9.45. The van der Waals surface area contributed by atoms with Gasteiger partial charge in [-0.25, -0.2) is 0 Å². The first-order valence-corrected chi connectivity index (χ1v) is 9.29. The smallest absolute Gasteiger partial charge is 0.405 e. The molecule has 1 unspecified atom stereocenters. The van der Waals surface area contributed by atoms with E-state index in [1.165, 1.54) is 44.9 Å². The molecule has 1 aliphatic heterocycles.